The van der Waals surface area contributed by atoms with Crippen molar-refractivity contribution >= 4 is 29.1 Å². The van der Waals surface area contributed by atoms with Gasteiger partial charge in [-0.15, -0.1) is 0 Å². The summed E-state index contributed by atoms with van der Waals surface area (Å²) in [5.41, 5.74) is 1.44. The van der Waals surface area contributed by atoms with Crippen molar-refractivity contribution in [2.45, 2.75) is 12.1 Å². The van der Waals surface area contributed by atoms with Crippen LogP contribution in [0, 0.1) is 5.82 Å². The molecule has 0 saturated carbocycles. The first-order valence-electron chi connectivity index (χ1n) is 6.66. The van der Waals surface area contributed by atoms with Crippen LogP contribution in [0.25, 0.3) is 0 Å². The highest BCUT2D eigenvalue weighted by molar-refractivity contribution is 6.30. The average molecular weight is 340 g/mol. The van der Waals surface area contributed by atoms with Gasteiger partial charge in [0.05, 0.1) is 11.1 Å². The molecule has 22 heavy (non-hydrogen) atoms. The molecule has 0 bridgehead atoms. The topological polar surface area (TPSA) is 38.3 Å². The highest BCUT2D eigenvalue weighted by Gasteiger charge is 2.32. The maximum Gasteiger partial charge on any atom is 0.246 e. The van der Waals surface area contributed by atoms with Gasteiger partial charge < -0.3 is 10.1 Å². The van der Waals surface area contributed by atoms with Crippen LogP contribution >= 0.6 is 23.2 Å². The summed E-state index contributed by atoms with van der Waals surface area (Å²) in [5.74, 6) is -0.736. The smallest absolute Gasteiger partial charge is 0.246 e. The van der Waals surface area contributed by atoms with E-state index in [0.29, 0.717) is 10.6 Å². The molecule has 1 amide bonds. The van der Waals surface area contributed by atoms with Gasteiger partial charge in [0, 0.05) is 5.02 Å². The van der Waals surface area contributed by atoms with Crippen LogP contribution in [0.4, 0.5) is 4.39 Å². The molecule has 1 saturated heterocycles. The number of hydrogen-bond donors (Lipinski definition) is 1. The SMILES string of the molecule is O=C1COC(c2ccc(Cl)c(F)c2)C(c2ccc(Cl)cc2)N1. The second-order valence-corrected chi connectivity index (χ2v) is 5.85. The third-order valence-electron chi connectivity index (χ3n) is 3.51. The zero-order valence-corrected chi connectivity index (χ0v) is 12.9. The van der Waals surface area contributed by atoms with E-state index >= 15 is 0 Å². The van der Waals surface area contributed by atoms with Crippen molar-refractivity contribution in [1.82, 2.24) is 5.32 Å². The van der Waals surface area contributed by atoms with E-state index in [4.69, 9.17) is 27.9 Å². The van der Waals surface area contributed by atoms with Gasteiger partial charge >= 0.3 is 0 Å². The lowest BCUT2D eigenvalue weighted by atomic mass is 9.94. The van der Waals surface area contributed by atoms with Crippen molar-refractivity contribution in [2.75, 3.05) is 6.61 Å². The number of benzene rings is 2. The van der Waals surface area contributed by atoms with E-state index in [1.165, 1.54) is 12.1 Å². The predicted octanol–water partition coefficient (Wildman–Crippen LogP) is 4.06. The summed E-state index contributed by atoms with van der Waals surface area (Å²) in [4.78, 5) is 11.7. The normalized spacial score (nSPS) is 21.5. The molecule has 1 N–H and O–H groups in total. The van der Waals surface area contributed by atoms with Crippen molar-refractivity contribution in [3.8, 4) is 0 Å². The molecular formula is C16H12Cl2FNO2. The van der Waals surface area contributed by atoms with E-state index in [1.54, 1.807) is 30.3 Å². The second kappa shape index (κ2) is 6.24. The first-order valence-corrected chi connectivity index (χ1v) is 7.41. The summed E-state index contributed by atoms with van der Waals surface area (Å²) in [5, 5.41) is 3.52. The Labute approximate surface area is 137 Å². The minimum absolute atomic E-state index is 0.0478. The summed E-state index contributed by atoms with van der Waals surface area (Å²) in [6.07, 6.45) is -0.495. The van der Waals surface area contributed by atoms with Gasteiger partial charge in [0.2, 0.25) is 5.91 Å². The minimum Gasteiger partial charge on any atom is -0.361 e. The fraction of sp³-hybridized carbons (Fsp3) is 0.188. The van der Waals surface area contributed by atoms with Gasteiger partial charge in [-0.1, -0.05) is 41.4 Å². The summed E-state index contributed by atoms with van der Waals surface area (Å²) < 4.78 is 19.3. The van der Waals surface area contributed by atoms with Crippen molar-refractivity contribution in [3.63, 3.8) is 0 Å². The van der Waals surface area contributed by atoms with E-state index in [2.05, 4.69) is 5.32 Å². The maximum absolute atomic E-state index is 13.7. The fourth-order valence-electron chi connectivity index (χ4n) is 2.46. The molecule has 3 nitrogen and oxygen atoms in total. The molecule has 0 aliphatic carbocycles. The second-order valence-electron chi connectivity index (χ2n) is 5.00. The number of morpholine rings is 1. The molecule has 1 heterocycles. The molecule has 1 aliphatic rings. The lowest BCUT2D eigenvalue weighted by molar-refractivity contribution is -0.137. The quantitative estimate of drug-likeness (QED) is 0.895. The Morgan fingerprint density at radius 1 is 1.09 bits per heavy atom. The van der Waals surface area contributed by atoms with E-state index < -0.39 is 18.0 Å². The Balaban J connectivity index is 1.97. The molecule has 3 rings (SSSR count). The number of ether oxygens (including phenoxy) is 1. The molecule has 6 heteroatoms. The summed E-state index contributed by atoms with van der Waals surface area (Å²) in [7, 11) is 0. The molecule has 0 aromatic heterocycles. The standard InChI is InChI=1S/C16H12Cl2FNO2/c17-11-4-1-9(2-5-11)15-16(22-8-14(21)20-15)10-3-6-12(18)13(19)7-10/h1-7,15-16H,8H2,(H,20,21). The van der Waals surface area contributed by atoms with Crippen LogP contribution in [0.5, 0.6) is 0 Å². The third kappa shape index (κ3) is 3.09. The zero-order valence-electron chi connectivity index (χ0n) is 11.4. The Bertz CT molecular complexity index is 706. The Kier molecular flexibility index (Phi) is 4.34. The molecule has 1 aliphatic heterocycles. The predicted molar refractivity (Wildman–Crippen MR) is 82.4 cm³/mol. The number of carbonyl (C=O) groups excluding carboxylic acids is 1. The van der Waals surface area contributed by atoms with E-state index in [9.17, 15) is 9.18 Å². The number of amides is 1. The molecule has 2 atom stereocenters. The van der Waals surface area contributed by atoms with Gasteiger partial charge in [-0.3, -0.25) is 4.79 Å². The van der Waals surface area contributed by atoms with Crippen LogP contribution in [0.2, 0.25) is 10.0 Å². The van der Waals surface area contributed by atoms with Crippen LogP contribution < -0.4 is 5.32 Å². The first kappa shape index (κ1) is 15.3. The Morgan fingerprint density at radius 3 is 2.45 bits per heavy atom. The van der Waals surface area contributed by atoms with E-state index in [1.807, 2.05) is 0 Å². The highest BCUT2D eigenvalue weighted by atomic mass is 35.5. The zero-order chi connectivity index (χ0) is 15.7. The van der Waals surface area contributed by atoms with Crippen LogP contribution in [0.15, 0.2) is 42.5 Å². The lowest BCUT2D eigenvalue weighted by Gasteiger charge is -2.33. The van der Waals surface area contributed by atoms with Crippen LogP contribution in [-0.4, -0.2) is 12.5 Å². The van der Waals surface area contributed by atoms with Crippen LogP contribution in [-0.2, 0) is 9.53 Å². The Hall–Kier alpha value is -1.62. The first-order chi connectivity index (χ1) is 10.5. The van der Waals surface area contributed by atoms with Crippen molar-refractivity contribution in [2.24, 2.45) is 0 Å². The van der Waals surface area contributed by atoms with Crippen LogP contribution in [0.3, 0.4) is 0 Å². The Morgan fingerprint density at radius 2 is 1.77 bits per heavy atom. The third-order valence-corrected chi connectivity index (χ3v) is 4.07. The molecule has 0 spiro atoms. The van der Waals surface area contributed by atoms with Crippen molar-refractivity contribution in [3.05, 3.63) is 69.5 Å². The van der Waals surface area contributed by atoms with Crippen molar-refractivity contribution in [1.29, 1.82) is 0 Å². The summed E-state index contributed by atoms with van der Waals surface area (Å²) in [6, 6.07) is 11.2. The summed E-state index contributed by atoms with van der Waals surface area (Å²) in [6.45, 7) is -0.0704. The monoisotopic (exact) mass is 339 g/mol. The molecule has 2 aromatic rings. The molecule has 2 unspecified atom stereocenters. The fourth-order valence-corrected chi connectivity index (χ4v) is 2.70. The molecule has 1 fully saturated rings. The average Bonchev–Trinajstić information content (AvgIpc) is 2.51. The number of hydrogen-bond acceptors (Lipinski definition) is 2. The lowest BCUT2D eigenvalue weighted by Crippen LogP contribution is -2.41. The summed E-state index contributed by atoms with van der Waals surface area (Å²) >= 11 is 11.6. The molecule has 2 aromatic carbocycles. The van der Waals surface area contributed by atoms with Gasteiger partial charge in [0.15, 0.2) is 0 Å². The molecular weight excluding hydrogens is 328 g/mol. The number of rotatable bonds is 2. The van der Waals surface area contributed by atoms with E-state index in [-0.39, 0.29) is 17.5 Å². The van der Waals surface area contributed by atoms with Gasteiger partial charge in [-0.25, -0.2) is 4.39 Å². The molecule has 114 valence electrons. The van der Waals surface area contributed by atoms with E-state index in [0.717, 1.165) is 5.56 Å². The van der Waals surface area contributed by atoms with Gasteiger partial charge in [-0.05, 0) is 35.4 Å². The largest absolute Gasteiger partial charge is 0.361 e. The van der Waals surface area contributed by atoms with Gasteiger partial charge in [0.1, 0.15) is 18.5 Å². The minimum atomic E-state index is -0.519. The number of carbonyl (C=O) groups is 1. The maximum atomic E-state index is 13.7. The number of halogens is 3. The molecule has 0 radical (unpaired) electrons. The van der Waals surface area contributed by atoms with Gasteiger partial charge in [0.25, 0.3) is 0 Å². The number of nitrogens with one attached hydrogen (secondary N) is 1. The highest BCUT2D eigenvalue weighted by Crippen LogP contribution is 2.35. The van der Waals surface area contributed by atoms with Crippen LogP contribution in [0.1, 0.15) is 23.3 Å². The van der Waals surface area contributed by atoms with Gasteiger partial charge in [-0.2, -0.15) is 0 Å². The van der Waals surface area contributed by atoms with Crippen molar-refractivity contribution < 1.29 is 13.9 Å².